The second-order valence-electron chi connectivity index (χ2n) is 7.24. The molecule has 0 radical (unpaired) electrons. The lowest BCUT2D eigenvalue weighted by molar-refractivity contribution is -0.129. The Morgan fingerprint density at radius 1 is 1.25 bits per heavy atom. The number of carbonyl (C=O) groups excluding carboxylic acids is 1. The van der Waals surface area contributed by atoms with Gasteiger partial charge in [0.05, 0.1) is 18.2 Å². The van der Waals surface area contributed by atoms with E-state index in [2.05, 4.69) is 5.16 Å². The van der Waals surface area contributed by atoms with Gasteiger partial charge in [0.15, 0.2) is 11.5 Å². The van der Waals surface area contributed by atoms with Crippen LogP contribution in [-0.4, -0.2) is 55.5 Å². The van der Waals surface area contributed by atoms with Crippen molar-refractivity contribution in [2.24, 2.45) is 5.92 Å². The molecule has 0 aliphatic carbocycles. The molecule has 2 atom stereocenters. The molecular weight excluding hydrogens is 384 g/mol. The van der Waals surface area contributed by atoms with Crippen LogP contribution in [-0.2, 0) is 22.4 Å². The maximum atomic E-state index is 12.9. The van der Waals surface area contributed by atoms with Crippen LogP contribution in [0.4, 0.5) is 0 Å². The van der Waals surface area contributed by atoms with E-state index in [1.54, 1.807) is 19.2 Å². The molecule has 8 heteroatoms. The topological polar surface area (TPSA) is 74.0 Å². The zero-order valence-electron chi connectivity index (χ0n) is 15.9. The van der Waals surface area contributed by atoms with E-state index >= 15 is 0 Å². The molecule has 1 saturated heterocycles. The Bertz CT molecular complexity index is 868. The lowest BCUT2D eigenvalue weighted by atomic mass is 10.0. The van der Waals surface area contributed by atoms with Crippen LogP contribution in [0.3, 0.4) is 0 Å². The highest BCUT2D eigenvalue weighted by Gasteiger charge is 2.36. The highest BCUT2D eigenvalue weighted by Crippen LogP contribution is 2.36. The van der Waals surface area contributed by atoms with Crippen LogP contribution in [0, 0.1) is 12.8 Å². The molecule has 1 aromatic heterocycles. The molecule has 1 fully saturated rings. The molecule has 2 aliphatic rings. The molecule has 0 spiro atoms. The third kappa shape index (κ3) is 3.95. The fraction of sp³-hybridized carbons (Fsp3) is 0.500. The normalized spacial score (nSPS) is 21.2. The number of likely N-dealkylation sites (tertiary alicyclic amines) is 1. The summed E-state index contributed by atoms with van der Waals surface area (Å²) in [4.78, 5) is 14.7. The van der Waals surface area contributed by atoms with Gasteiger partial charge in [0.25, 0.3) is 0 Å². The lowest BCUT2D eigenvalue weighted by Gasteiger charge is -2.21. The predicted octanol–water partition coefficient (Wildman–Crippen LogP) is 2.67. The van der Waals surface area contributed by atoms with Crippen LogP contribution in [0.15, 0.2) is 22.7 Å². The van der Waals surface area contributed by atoms with Crippen molar-refractivity contribution in [2.75, 3.05) is 33.4 Å². The standard InChI is InChI=1S/C20H23ClN2O5/c1-12-5-15(28-22-12)6-14-10-23(11-19(14)25-2)20(24)8-13-7-17-18(9-16(13)21)27-4-3-26-17/h5,7,9,14,19H,3-4,6,8,10-11H2,1-2H3/t14-,19+/m1/s1. The Labute approximate surface area is 168 Å². The number of rotatable bonds is 5. The van der Waals surface area contributed by atoms with Crippen LogP contribution in [0.25, 0.3) is 0 Å². The molecule has 2 aromatic rings. The molecule has 4 rings (SSSR count). The summed E-state index contributed by atoms with van der Waals surface area (Å²) >= 11 is 6.36. The van der Waals surface area contributed by atoms with Crippen molar-refractivity contribution in [3.05, 3.63) is 40.2 Å². The molecule has 0 unspecified atom stereocenters. The third-order valence-electron chi connectivity index (χ3n) is 5.23. The van der Waals surface area contributed by atoms with E-state index in [0.717, 1.165) is 17.0 Å². The molecule has 1 amide bonds. The van der Waals surface area contributed by atoms with Crippen molar-refractivity contribution in [1.82, 2.24) is 10.1 Å². The van der Waals surface area contributed by atoms with Crippen LogP contribution >= 0.6 is 11.6 Å². The van der Waals surface area contributed by atoms with Gasteiger partial charge in [-0.05, 0) is 18.6 Å². The summed E-state index contributed by atoms with van der Waals surface area (Å²) < 4.78 is 22.1. The summed E-state index contributed by atoms with van der Waals surface area (Å²) in [5.41, 5.74) is 1.59. The predicted molar refractivity (Wildman–Crippen MR) is 102 cm³/mol. The summed E-state index contributed by atoms with van der Waals surface area (Å²) in [6.45, 7) is 4.04. The van der Waals surface area contributed by atoms with E-state index in [4.69, 9.17) is 30.3 Å². The van der Waals surface area contributed by atoms with Crippen LogP contribution in [0.5, 0.6) is 11.5 Å². The maximum absolute atomic E-state index is 12.9. The second-order valence-corrected chi connectivity index (χ2v) is 7.64. The first kappa shape index (κ1) is 19.1. The first-order valence-electron chi connectivity index (χ1n) is 9.34. The number of ether oxygens (including phenoxy) is 3. The Morgan fingerprint density at radius 3 is 2.68 bits per heavy atom. The van der Waals surface area contributed by atoms with Gasteiger partial charge in [-0.3, -0.25) is 4.79 Å². The number of carbonyl (C=O) groups is 1. The van der Waals surface area contributed by atoms with E-state index in [-0.39, 0.29) is 24.3 Å². The van der Waals surface area contributed by atoms with Crippen molar-refractivity contribution < 1.29 is 23.5 Å². The average molecular weight is 407 g/mol. The fourth-order valence-electron chi connectivity index (χ4n) is 3.80. The minimum Gasteiger partial charge on any atom is -0.486 e. The smallest absolute Gasteiger partial charge is 0.227 e. The number of nitrogens with zero attached hydrogens (tertiary/aromatic N) is 2. The lowest BCUT2D eigenvalue weighted by Crippen LogP contribution is -2.31. The highest BCUT2D eigenvalue weighted by atomic mass is 35.5. The first-order chi connectivity index (χ1) is 13.5. The van der Waals surface area contributed by atoms with Crippen LogP contribution in [0.2, 0.25) is 5.02 Å². The summed E-state index contributed by atoms with van der Waals surface area (Å²) in [5, 5.41) is 4.44. The SMILES string of the molecule is CO[C@H]1CN(C(=O)Cc2cc3c(cc2Cl)OCCO3)C[C@H]1Cc1cc(C)no1. The Hall–Kier alpha value is -2.25. The molecular formula is C20H23ClN2O5. The summed E-state index contributed by atoms with van der Waals surface area (Å²) in [5.74, 6) is 2.24. The van der Waals surface area contributed by atoms with Gasteiger partial charge in [-0.1, -0.05) is 16.8 Å². The number of amides is 1. The number of aryl methyl sites for hydroxylation is 1. The van der Waals surface area contributed by atoms with E-state index in [1.807, 2.05) is 17.9 Å². The highest BCUT2D eigenvalue weighted by molar-refractivity contribution is 6.31. The first-order valence-corrected chi connectivity index (χ1v) is 9.72. The van der Waals surface area contributed by atoms with E-state index in [9.17, 15) is 4.79 Å². The molecule has 3 heterocycles. The van der Waals surface area contributed by atoms with Crippen molar-refractivity contribution in [3.8, 4) is 11.5 Å². The van der Waals surface area contributed by atoms with Gasteiger partial charge in [-0.2, -0.15) is 0 Å². The minimum absolute atomic E-state index is 0.0110. The zero-order chi connectivity index (χ0) is 19.7. The van der Waals surface area contributed by atoms with Crippen LogP contribution in [0.1, 0.15) is 17.0 Å². The van der Waals surface area contributed by atoms with Gasteiger partial charge in [-0.25, -0.2) is 0 Å². The van der Waals surface area contributed by atoms with Crippen molar-refractivity contribution in [1.29, 1.82) is 0 Å². The monoisotopic (exact) mass is 406 g/mol. The third-order valence-corrected chi connectivity index (χ3v) is 5.58. The molecule has 0 N–H and O–H groups in total. The quantitative estimate of drug-likeness (QED) is 0.760. The maximum Gasteiger partial charge on any atom is 0.227 e. The van der Waals surface area contributed by atoms with Crippen molar-refractivity contribution in [3.63, 3.8) is 0 Å². The second kappa shape index (κ2) is 8.01. The number of aromatic nitrogens is 1. The van der Waals surface area contributed by atoms with Crippen molar-refractivity contribution >= 4 is 17.5 Å². The molecule has 28 heavy (non-hydrogen) atoms. The van der Waals surface area contributed by atoms with E-state index < -0.39 is 0 Å². The Kier molecular flexibility index (Phi) is 5.46. The number of hydrogen-bond donors (Lipinski definition) is 0. The molecule has 0 bridgehead atoms. The molecule has 150 valence electrons. The molecule has 7 nitrogen and oxygen atoms in total. The number of benzene rings is 1. The number of fused-ring (bicyclic) bond motifs is 1. The van der Waals surface area contributed by atoms with Crippen LogP contribution < -0.4 is 9.47 Å². The minimum atomic E-state index is -0.0369. The number of methoxy groups -OCH3 is 1. The summed E-state index contributed by atoms with van der Waals surface area (Å²) in [6.07, 6.45) is 0.860. The number of hydrogen-bond acceptors (Lipinski definition) is 6. The molecule has 1 aromatic carbocycles. The van der Waals surface area contributed by atoms with Gasteiger partial charge in [0.1, 0.15) is 19.0 Å². The van der Waals surface area contributed by atoms with Gasteiger partial charge in [0, 0.05) is 49.7 Å². The van der Waals surface area contributed by atoms with Gasteiger partial charge in [-0.15, -0.1) is 0 Å². The van der Waals surface area contributed by atoms with Gasteiger partial charge >= 0.3 is 0 Å². The largest absolute Gasteiger partial charge is 0.486 e. The Morgan fingerprint density at radius 2 is 2.00 bits per heavy atom. The zero-order valence-corrected chi connectivity index (χ0v) is 16.7. The van der Waals surface area contributed by atoms with Crippen molar-refractivity contribution in [2.45, 2.75) is 25.9 Å². The molecule has 2 aliphatic heterocycles. The van der Waals surface area contributed by atoms with E-state index in [0.29, 0.717) is 49.2 Å². The Balaban J connectivity index is 1.43. The summed E-state index contributed by atoms with van der Waals surface area (Å²) in [7, 11) is 1.68. The fourth-order valence-corrected chi connectivity index (χ4v) is 4.02. The molecule has 0 saturated carbocycles. The van der Waals surface area contributed by atoms with E-state index in [1.165, 1.54) is 0 Å². The van der Waals surface area contributed by atoms with Gasteiger partial charge < -0.3 is 23.6 Å². The average Bonchev–Trinajstić information content (AvgIpc) is 3.28. The van der Waals surface area contributed by atoms with Gasteiger partial charge in [0.2, 0.25) is 5.91 Å². The summed E-state index contributed by atoms with van der Waals surface area (Å²) in [6, 6.07) is 5.44. The number of halogens is 1.